The summed E-state index contributed by atoms with van der Waals surface area (Å²) in [7, 11) is -3.60. The number of sulfonamides is 1. The maximum atomic E-state index is 12.9. The molecular weight excluding hydrogens is 573 g/mol. The largest absolute Gasteiger partial charge is 0.490 e. The molecular formula is C22H24BrF3N2O5S2. The van der Waals surface area contributed by atoms with Crippen molar-refractivity contribution in [1.29, 1.82) is 0 Å². The topological polar surface area (TPSA) is 113 Å². The number of benzene rings is 1. The van der Waals surface area contributed by atoms with E-state index in [9.17, 15) is 26.4 Å². The van der Waals surface area contributed by atoms with Gasteiger partial charge in [-0.15, -0.1) is 11.3 Å². The third kappa shape index (κ3) is 7.20. The molecule has 3 N–H and O–H groups in total. The molecule has 0 unspecified atom stereocenters. The van der Waals surface area contributed by atoms with Gasteiger partial charge in [-0.3, -0.25) is 9.52 Å². The Morgan fingerprint density at radius 2 is 1.60 bits per heavy atom. The number of alkyl halides is 3. The number of carboxylic acids is 1. The smallest absolute Gasteiger partial charge is 0.475 e. The zero-order chi connectivity index (χ0) is 25.9. The number of carbonyl (C=O) groups is 2. The standard InChI is InChI=1S/C20H23BrN2O3S2.C2HF3O2/c21-17-10-11-18(27-17)28(25,26)23-16-8-6-14(7-9-16)20(12-13-20)19(24)22-15-4-2-1-3-5-15;3-2(4,5)1(6)7/h6-11,15,23H,1-5,12-13H2,(H,22,24);(H,6,7). The lowest BCUT2D eigenvalue weighted by atomic mass is 9.91. The van der Waals surface area contributed by atoms with Crippen LogP contribution in [-0.2, 0) is 25.0 Å². The van der Waals surface area contributed by atoms with E-state index in [0.29, 0.717) is 11.7 Å². The minimum atomic E-state index is -5.08. The summed E-state index contributed by atoms with van der Waals surface area (Å²) in [6.07, 6.45) is 2.39. The first-order valence-corrected chi connectivity index (χ1v) is 13.9. The zero-order valence-corrected chi connectivity index (χ0v) is 21.6. The number of hydrogen-bond acceptors (Lipinski definition) is 5. The van der Waals surface area contributed by atoms with Crippen molar-refractivity contribution in [1.82, 2.24) is 5.32 Å². The quantitative estimate of drug-likeness (QED) is 0.412. The maximum Gasteiger partial charge on any atom is 0.490 e. The molecule has 192 valence electrons. The van der Waals surface area contributed by atoms with Crippen molar-refractivity contribution in [3.63, 3.8) is 0 Å². The van der Waals surface area contributed by atoms with Crippen LogP contribution in [0.25, 0.3) is 0 Å². The summed E-state index contributed by atoms with van der Waals surface area (Å²) in [6, 6.07) is 10.8. The number of hydrogen-bond donors (Lipinski definition) is 3. The molecule has 1 heterocycles. The van der Waals surface area contributed by atoms with Crippen LogP contribution in [-0.4, -0.2) is 37.6 Å². The van der Waals surface area contributed by atoms with Crippen molar-refractivity contribution in [2.45, 2.75) is 66.8 Å². The van der Waals surface area contributed by atoms with Crippen LogP contribution in [0.3, 0.4) is 0 Å². The lowest BCUT2D eigenvalue weighted by Crippen LogP contribution is -2.42. The second-order valence-corrected chi connectivity index (χ2v) is 12.8. The molecule has 7 nitrogen and oxygen atoms in total. The number of rotatable bonds is 6. The van der Waals surface area contributed by atoms with E-state index in [4.69, 9.17) is 9.90 Å². The molecule has 2 saturated carbocycles. The Bertz CT molecular complexity index is 1160. The van der Waals surface area contributed by atoms with Crippen LogP contribution < -0.4 is 10.0 Å². The summed E-state index contributed by atoms with van der Waals surface area (Å²) in [5.74, 6) is -2.64. The van der Waals surface area contributed by atoms with Crippen LogP contribution in [0, 0.1) is 0 Å². The first kappa shape index (κ1) is 27.5. The fourth-order valence-electron chi connectivity index (χ4n) is 3.85. The summed E-state index contributed by atoms with van der Waals surface area (Å²) in [5.41, 5.74) is 1.02. The number of thiophene rings is 1. The molecule has 2 aliphatic rings. The third-order valence-electron chi connectivity index (χ3n) is 5.87. The summed E-state index contributed by atoms with van der Waals surface area (Å²) in [4.78, 5) is 21.8. The fraction of sp³-hybridized carbons (Fsp3) is 0.455. The highest BCUT2D eigenvalue weighted by molar-refractivity contribution is 9.11. The van der Waals surface area contributed by atoms with Gasteiger partial charge in [-0.1, -0.05) is 31.4 Å². The molecule has 0 atom stereocenters. The first-order valence-electron chi connectivity index (χ1n) is 10.8. The molecule has 2 aliphatic carbocycles. The molecule has 1 aromatic carbocycles. The zero-order valence-electron chi connectivity index (χ0n) is 18.4. The molecule has 0 bridgehead atoms. The van der Waals surface area contributed by atoms with Gasteiger partial charge >= 0.3 is 12.1 Å². The van der Waals surface area contributed by atoms with Crippen molar-refractivity contribution in [3.8, 4) is 0 Å². The Kier molecular flexibility index (Phi) is 8.53. The predicted molar refractivity (Wildman–Crippen MR) is 129 cm³/mol. The van der Waals surface area contributed by atoms with Gasteiger partial charge in [0.05, 0.1) is 9.20 Å². The molecule has 0 aliphatic heterocycles. The van der Waals surface area contributed by atoms with E-state index in [1.165, 1.54) is 19.3 Å². The minimum absolute atomic E-state index is 0.121. The van der Waals surface area contributed by atoms with Gasteiger partial charge < -0.3 is 10.4 Å². The molecule has 0 spiro atoms. The number of anilines is 1. The summed E-state index contributed by atoms with van der Waals surface area (Å²) >= 11 is 4.45. The van der Waals surface area contributed by atoms with Crippen LogP contribution in [0.15, 0.2) is 44.4 Å². The SMILES string of the molecule is O=C(NC1CCCCC1)C1(c2ccc(NS(=O)(=O)c3ccc(Br)s3)cc2)CC1.O=C(O)C(F)(F)F. The first-order chi connectivity index (χ1) is 16.3. The Hall–Kier alpha value is -2.12. The Balaban J connectivity index is 0.000000429. The highest BCUT2D eigenvalue weighted by Crippen LogP contribution is 2.49. The maximum absolute atomic E-state index is 12.9. The van der Waals surface area contributed by atoms with Crippen molar-refractivity contribution in [2.24, 2.45) is 0 Å². The molecule has 1 amide bonds. The van der Waals surface area contributed by atoms with Crippen LogP contribution in [0.1, 0.15) is 50.5 Å². The van der Waals surface area contributed by atoms with Gasteiger partial charge in [0.2, 0.25) is 5.91 Å². The number of carbonyl (C=O) groups excluding carboxylic acids is 1. The predicted octanol–water partition coefficient (Wildman–Crippen LogP) is 5.43. The number of carboxylic acid groups (broad SMARTS) is 1. The van der Waals surface area contributed by atoms with Gasteiger partial charge in [0.25, 0.3) is 10.0 Å². The Morgan fingerprint density at radius 1 is 1.03 bits per heavy atom. The van der Waals surface area contributed by atoms with E-state index < -0.39 is 27.6 Å². The van der Waals surface area contributed by atoms with E-state index in [2.05, 4.69) is 26.0 Å². The van der Waals surface area contributed by atoms with Crippen LogP contribution in [0.5, 0.6) is 0 Å². The summed E-state index contributed by atoms with van der Waals surface area (Å²) in [5, 5.41) is 10.4. The lowest BCUT2D eigenvalue weighted by Gasteiger charge is -2.25. The van der Waals surface area contributed by atoms with Gasteiger partial charge in [0, 0.05) is 11.7 Å². The van der Waals surface area contributed by atoms with Gasteiger partial charge in [0.15, 0.2) is 0 Å². The van der Waals surface area contributed by atoms with Crippen LogP contribution in [0.2, 0.25) is 0 Å². The van der Waals surface area contributed by atoms with E-state index in [1.807, 2.05) is 12.1 Å². The minimum Gasteiger partial charge on any atom is -0.475 e. The Morgan fingerprint density at radius 3 is 2.06 bits per heavy atom. The molecule has 0 radical (unpaired) electrons. The van der Waals surface area contributed by atoms with Crippen LogP contribution >= 0.6 is 27.3 Å². The number of amides is 1. The van der Waals surface area contributed by atoms with Crippen molar-refractivity contribution >= 4 is 54.9 Å². The van der Waals surface area contributed by atoms with Gasteiger partial charge in [-0.25, -0.2) is 13.2 Å². The number of aliphatic carboxylic acids is 1. The van der Waals surface area contributed by atoms with Crippen LogP contribution in [0.4, 0.5) is 18.9 Å². The second kappa shape index (κ2) is 10.9. The number of halogens is 4. The molecule has 2 aromatic rings. The molecule has 2 fully saturated rings. The second-order valence-electron chi connectivity index (χ2n) is 8.43. The monoisotopic (exact) mass is 596 g/mol. The normalized spacial score (nSPS) is 17.6. The van der Waals surface area contributed by atoms with Gasteiger partial charge in [-0.2, -0.15) is 13.2 Å². The average Bonchev–Trinajstić information content (AvgIpc) is 3.48. The van der Waals surface area contributed by atoms with Gasteiger partial charge in [-0.05, 0) is 71.4 Å². The molecule has 1 aromatic heterocycles. The van der Waals surface area contributed by atoms with Crippen molar-refractivity contribution in [2.75, 3.05) is 4.72 Å². The molecule has 13 heteroatoms. The fourth-order valence-corrected chi connectivity index (χ4v) is 6.92. The molecule has 35 heavy (non-hydrogen) atoms. The average molecular weight is 597 g/mol. The van der Waals surface area contributed by atoms with E-state index in [1.54, 1.807) is 24.3 Å². The highest BCUT2D eigenvalue weighted by Gasteiger charge is 2.51. The van der Waals surface area contributed by atoms with Crippen molar-refractivity contribution in [3.05, 3.63) is 45.7 Å². The third-order valence-corrected chi connectivity index (χ3v) is 9.37. The number of nitrogens with one attached hydrogen (secondary N) is 2. The lowest BCUT2D eigenvalue weighted by molar-refractivity contribution is -0.192. The summed E-state index contributed by atoms with van der Waals surface area (Å²) in [6.45, 7) is 0. The van der Waals surface area contributed by atoms with Gasteiger partial charge in [0.1, 0.15) is 4.21 Å². The highest BCUT2D eigenvalue weighted by atomic mass is 79.9. The Labute approximate surface area is 213 Å². The van der Waals surface area contributed by atoms with Crippen molar-refractivity contribution < 1.29 is 36.3 Å². The van der Waals surface area contributed by atoms with E-state index in [0.717, 1.165) is 46.4 Å². The van der Waals surface area contributed by atoms with E-state index >= 15 is 0 Å². The molecule has 4 rings (SSSR count). The molecule has 0 saturated heterocycles. The van der Waals surface area contributed by atoms with E-state index in [-0.39, 0.29) is 10.1 Å². The summed E-state index contributed by atoms with van der Waals surface area (Å²) < 4.78 is 60.3.